The Kier molecular flexibility index (Phi) is 7.65. The van der Waals surface area contributed by atoms with Crippen LogP contribution in [0.3, 0.4) is 0 Å². The quantitative estimate of drug-likeness (QED) is 0.185. The number of aromatic nitrogens is 3. The zero-order valence-electron chi connectivity index (χ0n) is 20.3. The van der Waals surface area contributed by atoms with Gasteiger partial charge in [-0.3, -0.25) is 14.5 Å². The van der Waals surface area contributed by atoms with Crippen LogP contribution in [0.15, 0.2) is 47.6 Å². The molecule has 0 aliphatic carbocycles. The number of hydrogen-bond donors (Lipinski definition) is 0. The molecule has 1 aliphatic heterocycles. The van der Waals surface area contributed by atoms with Crippen LogP contribution in [0.4, 0.5) is 5.69 Å². The highest BCUT2D eigenvalue weighted by molar-refractivity contribution is 7.99. The van der Waals surface area contributed by atoms with Crippen LogP contribution in [-0.4, -0.2) is 32.8 Å². The number of anilines is 1. The van der Waals surface area contributed by atoms with Gasteiger partial charge in [-0.15, -0.1) is 10.2 Å². The lowest BCUT2D eigenvalue weighted by molar-refractivity contribution is -0.132. The summed E-state index contributed by atoms with van der Waals surface area (Å²) in [4.78, 5) is 31.1. The van der Waals surface area contributed by atoms with E-state index in [1.807, 2.05) is 43.3 Å². The number of fused-ring (bicyclic) bond motifs is 3. The fourth-order valence-corrected chi connectivity index (χ4v) is 4.72. The highest BCUT2D eigenvalue weighted by Crippen LogP contribution is 2.45. The highest BCUT2D eigenvalue weighted by Gasteiger charge is 2.36. The number of esters is 1. The van der Waals surface area contributed by atoms with Crippen LogP contribution in [0, 0.1) is 6.92 Å². The fraction of sp³-hybridized carbons (Fsp3) is 0.346. The van der Waals surface area contributed by atoms with Gasteiger partial charge in [0, 0.05) is 25.2 Å². The van der Waals surface area contributed by atoms with Gasteiger partial charge in [-0.1, -0.05) is 61.4 Å². The predicted molar refractivity (Wildman–Crippen MR) is 135 cm³/mol. The number of aryl methyl sites for hydroxylation is 1. The lowest BCUT2D eigenvalue weighted by atomic mass is 10.1. The average Bonchev–Trinajstić information content (AvgIpc) is 2.97. The number of unbranched alkanes of at least 4 members (excludes halogenated alkanes) is 2. The molecule has 1 atom stereocenters. The Balaban J connectivity index is 1.86. The van der Waals surface area contributed by atoms with Crippen LogP contribution in [0.25, 0.3) is 11.3 Å². The van der Waals surface area contributed by atoms with Gasteiger partial charge in [-0.25, -0.2) is 0 Å². The van der Waals surface area contributed by atoms with Crippen LogP contribution in [0.1, 0.15) is 57.4 Å². The number of rotatable bonds is 7. The summed E-state index contributed by atoms with van der Waals surface area (Å²) < 4.78 is 11.9. The molecule has 2 aromatic carbocycles. The first-order chi connectivity index (χ1) is 16.9. The number of amides is 1. The van der Waals surface area contributed by atoms with E-state index in [2.05, 4.69) is 22.1 Å². The topological polar surface area (TPSA) is 94.5 Å². The van der Waals surface area contributed by atoms with Gasteiger partial charge in [0.05, 0.1) is 11.3 Å². The van der Waals surface area contributed by atoms with Gasteiger partial charge in [0.25, 0.3) is 0 Å². The summed E-state index contributed by atoms with van der Waals surface area (Å²) in [5.74, 6) is 0.759. The van der Waals surface area contributed by atoms with Crippen molar-refractivity contribution in [1.29, 1.82) is 0 Å². The molecule has 0 radical (unpaired) electrons. The number of thioether (sulfide) groups is 1. The van der Waals surface area contributed by atoms with Gasteiger partial charge in [0.15, 0.2) is 5.69 Å². The Labute approximate surface area is 209 Å². The third-order valence-corrected chi connectivity index (χ3v) is 6.44. The lowest BCUT2D eigenvalue weighted by Crippen LogP contribution is -2.36. The molecule has 4 rings (SSSR count). The van der Waals surface area contributed by atoms with Gasteiger partial charge in [-0.05, 0) is 31.5 Å². The molecule has 1 aromatic heterocycles. The summed E-state index contributed by atoms with van der Waals surface area (Å²) in [7, 11) is 0. The SMILES string of the molecule is CCCCCSc1nnc2c(n1)O[C@H](c1cc(C)ccc1OC(C)=O)N(C(C)=O)c1ccccc1-2. The predicted octanol–water partition coefficient (Wildman–Crippen LogP) is 5.50. The van der Waals surface area contributed by atoms with Crippen LogP contribution in [0.2, 0.25) is 0 Å². The number of carbonyl (C=O) groups is 2. The van der Waals surface area contributed by atoms with Crippen LogP contribution >= 0.6 is 11.8 Å². The van der Waals surface area contributed by atoms with E-state index in [4.69, 9.17) is 9.47 Å². The molecule has 35 heavy (non-hydrogen) atoms. The minimum atomic E-state index is -0.932. The molecule has 0 fully saturated rings. The third-order valence-electron chi connectivity index (χ3n) is 5.52. The largest absolute Gasteiger partial charge is 0.447 e. The van der Waals surface area contributed by atoms with Crippen LogP contribution in [0.5, 0.6) is 11.6 Å². The molecule has 1 amide bonds. The molecule has 0 spiro atoms. The van der Waals surface area contributed by atoms with Crippen molar-refractivity contribution in [3.63, 3.8) is 0 Å². The second-order valence-corrected chi connectivity index (χ2v) is 9.38. The molecule has 0 saturated carbocycles. The molecule has 0 N–H and O–H groups in total. The molecule has 8 nitrogen and oxygen atoms in total. The molecule has 0 bridgehead atoms. The zero-order chi connectivity index (χ0) is 24.9. The van der Waals surface area contributed by atoms with Crippen LogP contribution < -0.4 is 14.4 Å². The number of nitrogens with zero attached hydrogens (tertiary/aromatic N) is 4. The second kappa shape index (κ2) is 10.9. The van der Waals surface area contributed by atoms with Gasteiger partial charge in [-0.2, -0.15) is 4.98 Å². The number of para-hydroxylation sites is 1. The second-order valence-electron chi connectivity index (χ2n) is 8.32. The first-order valence-electron chi connectivity index (χ1n) is 11.6. The monoisotopic (exact) mass is 492 g/mol. The number of benzene rings is 2. The van der Waals surface area contributed by atoms with E-state index in [1.165, 1.54) is 30.5 Å². The molecule has 9 heteroatoms. The van der Waals surface area contributed by atoms with Crippen molar-refractivity contribution < 1.29 is 19.1 Å². The smallest absolute Gasteiger partial charge is 0.308 e. The van der Waals surface area contributed by atoms with Crippen molar-refractivity contribution >= 4 is 29.3 Å². The van der Waals surface area contributed by atoms with Crippen molar-refractivity contribution in [2.24, 2.45) is 0 Å². The Hall–Kier alpha value is -3.46. The van der Waals surface area contributed by atoms with E-state index < -0.39 is 12.2 Å². The molecule has 3 aromatic rings. The summed E-state index contributed by atoms with van der Waals surface area (Å²) >= 11 is 1.52. The van der Waals surface area contributed by atoms with E-state index in [0.717, 1.165) is 30.6 Å². The molecule has 2 heterocycles. The standard InChI is InChI=1S/C26H28N4O4S/c1-5-6-9-14-35-26-27-24-23(28-29-26)19-10-7-8-11-21(19)30(17(3)31)25(34-24)20-15-16(2)12-13-22(20)33-18(4)32/h7-8,10-13,15,25H,5-6,9,14H2,1-4H3/t25-/m1/s1. The van der Waals surface area contributed by atoms with E-state index in [0.29, 0.717) is 33.4 Å². The maximum absolute atomic E-state index is 13.0. The Morgan fingerprint density at radius 3 is 2.66 bits per heavy atom. The van der Waals surface area contributed by atoms with Gasteiger partial charge >= 0.3 is 5.97 Å². The van der Waals surface area contributed by atoms with E-state index in [1.54, 1.807) is 6.07 Å². The Morgan fingerprint density at radius 2 is 1.91 bits per heavy atom. The summed E-state index contributed by atoms with van der Waals surface area (Å²) in [6.45, 7) is 6.89. The lowest BCUT2D eigenvalue weighted by Gasteiger charge is -2.30. The van der Waals surface area contributed by atoms with Gasteiger partial charge in [0.1, 0.15) is 5.75 Å². The molecular formula is C26H28N4O4S. The summed E-state index contributed by atoms with van der Waals surface area (Å²) in [6.07, 6.45) is 2.39. The maximum atomic E-state index is 13.0. The maximum Gasteiger partial charge on any atom is 0.308 e. The summed E-state index contributed by atoms with van der Waals surface area (Å²) in [6, 6.07) is 12.8. The van der Waals surface area contributed by atoms with E-state index in [9.17, 15) is 9.59 Å². The first-order valence-corrected chi connectivity index (χ1v) is 12.6. The highest BCUT2D eigenvalue weighted by atomic mass is 32.2. The van der Waals surface area contributed by atoms with Crippen molar-refractivity contribution in [3.05, 3.63) is 53.6 Å². The fourth-order valence-electron chi connectivity index (χ4n) is 3.94. The normalized spacial score (nSPS) is 14.4. The van der Waals surface area contributed by atoms with Crippen LogP contribution in [-0.2, 0) is 9.59 Å². The molecule has 0 unspecified atom stereocenters. The van der Waals surface area contributed by atoms with Gasteiger partial charge in [0.2, 0.25) is 23.2 Å². The first kappa shape index (κ1) is 24.7. The van der Waals surface area contributed by atoms with E-state index >= 15 is 0 Å². The Bertz CT molecular complexity index is 1250. The summed E-state index contributed by atoms with van der Waals surface area (Å²) in [5.41, 5.74) is 3.21. The van der Waals surface area contributed by atoms with Crippen molar-refractivity contribution in [3.8, 4) is 22.9 Å². The van der Waals surface area contributed by atoms with Crippen molar-refractivity contribution in [2.75, 3.05) is 10.7 Å². The van der Waals surface area contributed by atoms with Crippen molar-refractivity contribution in [1.82, 2.24) is 15.2 Å². The molecule has 1 aliphatic rings. The third kappa shape index (κ3) is 5.45. The average molecular weight is 493 g/mol. The molecule has 0 saturated heterocycles. The summed E-state index contributed by atoms with van der Waals surface area (Å²) in [5, 5.41) is 9.28. The number of carbonyl (C=O) groups excluding carboxylic acids is 2. The zero-order valence-corrected chi connectivity index (χ0v) is 21.1. The minimum Gasteiger partial charge on any atom is -0.447 e. The Morgan fingerprint density at radius 1 is 1.11 bits per heavy atom. The number of ether oxygens (including phenoxy) is 2. The number of hydrogen-bond acceptors (Lipinski definition) is 8. The molecule has 182 valence electrons. The minimum absolute atomic E-state index is 0.243. The van der Waals surface area contributed by atoms with Gasteiger partial charge < -0.3 is 9.47 Å². The van der Waals surface area contributed by atoms with E-state index in [-0.39, 0.29) is 11.8 Å². The van der Waals surface area contributed by atoms with Crippen molar-refractivity contribution in [2.45, 2.75) is 58.3 Å². The molecular weight excluding hydrogens is 464 g/mol.